The van der Waals surface area contributed by atoms with Crippen LogP contribution < -0.4 is 5.43 Å². The van der Waals surface area contributed by atoms with Crippen LogP contribution in [-0.4, -0.2) is 21.3 Å². The van der Waals surface area contributed by atoms with Gasteiger partial charge >= 0.3 is 0 Å². The van der Waals surface area contributed by atoms with Crippen LogP contribution in [0.5, 0.6) is 5.75 Å². The van der Waals surface area contributed by atoms with Gasteiger partial charge in [-0.05, 0) is 47.2 Å². The summed E-state index contributed by atoms with van der Waals surface area (Å²) < 4.78 is 13.4. The fourth-order valence-electron chi connectivity index (χ4n) is 3.60. The standard InChI is InChI=1S/C27H19FN4O/c28-21-13-10-20(11-14-21)25-16-24(19-7-2-1-3-8-19)30-27(31-25)32-29-17-23-22-9-5-4-6-18(22)12-15-26(23)33/h1-17,33H,(H,30,31,32). The number of aromatic nitrogens is 2. The normalized spacial score (nSPS) is 11.2. The van der Waals surface area contributed by atoms with Crippen molar-refractivity contribution in [2.45, 2.75) is 0 Å². The van der Waals surface area contributed by atoms with Crippen molar-refractivity contribution in [3.63, 3.8) is 0 Å². The summed E-state index contributed by atoms with van der Waals surface area (Å²) in [6.07, 6.45) is 1.55. The summed E-state index contributed by atoms with van der Waals surface area (Å²) in [4.78, 5) is 9.14. The molecule has 160 valence electrons. The molecule has 5 rings (SSSR count). The van der Waals surface area contributed by atoms with Crippen LogP contribution in [0, 0.1) is 5.82 Å². The van der Waals surface area contributed by atoms with E-state index >= 15 is 0 Å². The molecule has 0 spiro atoms. The summed E-state index contributed by atoms with van der Waals surface area (Å²) in [5.74, 6) is 0.103. The Morgan fingerprint density at radius 2 is 1.42 bits per heavy atom. The maximum Gasteiger partial charge on any atom is 0.244 e. The first-order valence-electron chi connectivity index (χ1n) is 10.4. The molecule has 1 aromatic heterocycles. The second-order valence-corrected chi connectivity index (χ2v) is 7.42. The Hall–Kier alpha value is -4.58. The highest BCUT2D eigenvalue weighted by atomic mass is 19.1. The van der Waals surface area contributed by atoms with Gasteiger partial charge in [-0.3, -0.25) is 0 Å². The van der Waals surface area contributed by atoms with E-state index in [-0.39, 0.29) is 17.5 Å². The Labute approximate surface area is 189 Å². The van der Waals surface area contributed by atoms with Crippen molar-refractivity contribution in [2.75, 3.05) is 5.43 Å². The van der Waals surface area contributed by atoms with E-state index in [2.05, 4.69) is 20.5 Å². The van der Waals surface area contributed by atoms with Crippen molar-refractivity contribution in [3.8, 4) is 28.3 Å². The molecular weight excluding hydrogens is 415 g/mol. The van der Waals surface area contributed by atoms with E-state index in [1.165, 1.54) is 12.1 Å². The fraction of sp³-hybridized carbons (Fsp3) is 0. The van der Waals surface area contributed by atoms with Gasteiger partial charge in [-0.2, -0.15) is 5.10 Å². The first-order valence-corrected chi connectivity index (χ1v) is 10.4. The number of phenolic OH excluding ortho intramolecular Hbond substituents is 1. The molecule has 0 atom stereocenters. The number of hydrogen-bond acceptors (Lipinski definition) is 5. The number of fused-ring (bicyclic) bond motifs is 1. The smallest absolute Gasteiger partial charge is 0.244 e. The number of aromatic hydroxyl groups is 1. The highest BCUT2D eigenvalue weighted by molar-refractivity contribution is 6.02. The Morgan fingerprint density at radius 1 is 0.758 bits per heavy atom. The summed E-state index contributed by atoms with van der Waals surface area (Å²) in [5, 5.41) is 16.5. The number of phenols is 1. The number of anilines is 1. The van der Waals surface area contributed by atoms with Crippen LogP contribution in [0.1, 0.15) is 5.56 Å². The summed E-state index contributed by atoms with van der Waals surface area (Å²) in [7, 11) is 0. The van der Waals surface area contributed by atoms with Gasteiger partial charge in [0.1, 0.15) is 11.6 Å². The molecule has 0 aliphatic heterocycles. The van der Waals surface area contributed by atoms with Crippen LogP contribution in [0.4, 0.5) is 10.3 Å². The van der Waals surface area contributed by atoms with Gasteiger partial charge < -0.3 is 5.11 Å². The highest BCUT2D eigenvalue weighted by Gasteiger charge is 2.09. The molecule has 0 radical (unpaired) electrons. The van der Waals surface area contributed by atoms with Crippen molar-refractivity contribution < 1.29 is 9.50 Å². The third kappa shape index (κ3) is 4.41. The molecule has 0 aliphatic carbocycles. The minimum absolute atomic E-state index is 0.130. The van der Waals surface area contributed by atoms with Gasteiger partial charge in [0.25, 0.3) is 0 Å². The number of hydrazone groups is 1. The maximum atomic E-state index is 13.4. The van der Waals surface area contributed by atoms with Crippen molar-refractivity contribution in [1.29, 1.82) is 0 Å². The minimum Gasteiger partial charge on any atom is -0.507 e. The van der Waals surface area contributed by atoms with E-state index in [1.54, 1.807) is 24.4 Å². The van der Waals surface area contributed by atoms with Crippen LogP contribution in [-0.2, 0) is 0 Å². The molecular formula is C27H19FN4O. The van der Waals surface area contributed by atoms with E-state index in [4.69, 9.17) is 0 Å². The SMILES string of the molecule is Oc1ccc2ccccc2c1C=NNc1nc(-c2ccccc2)cc(-c2ccc(F)cc2)n1. The first-order chi connectivity index (χ1) is 16.2. The predicted molar refractivity (Wildman–Crippen MR) is 130 cm³/mol. The number of rotatable bonds is 5. The van der Waals surface area contributed by atoms with Crippen LogP contribution in [0.15, 0.2) is 102 Å². The van der Waals surface area contributed by atoms with Crippen LogP contribution in [0.25, 0.3) is 33.3 Å². The van der Waals surface area contributed by atoms with E-state index in [0.717, 1.165) is 21.9 Å². The average molecular weight is 434 g/mol. The molecule has 0 unspecified atom stereocenters. The fourth-order valence-corrected chi connectivity index (χ4v) is 3.60. The van der Waals surface area contributed by atoms with Gasteiger partial charge in [0.2, 0.25) is 5.95 Å². The van der Waals surface area contributed by atoms with Gasteiger partial charge in [0, 0.05) is 16.7 Å². The van der Waals surface area contributed by atoms with Gasteiger partial charge in [0.05, 0.1) is 17.6 Å². The monoisotopic (exact) mass is 434 g/mol. The van der Waals surface area contributed by atoms with Crippen LogP contribution in [0.3, 0.4) is 0 Å². The van der Waals surface area contributed by atoms with Crippen molar-refractivity contribution in [1.82, 2.24) is 9.97 Å². The zero-order valence-corrected chi connectivity index (χ0v) is 17.5. The zero-order valence-electron chi connectivity index (χ0n) is 17.5. The average Bonchev–Trinajstić information content (AvgIpc) is 2.86. The number of halogens is 1. The van der Waals surface area contributed by atoms with Gasteiger partial charge in [-0.1, -0.05) is 60.7 Å². The largest absolute Gasteiger partial charge is 0.507 e. The van der Waals surface area contributed by atoms with Crippen molar-refractivity contribution in [2.24, 2.45) is 5.10 Å². The predicted octanol–water partition coefficient (Wildman–Crippen LogP) is 6.25. The zero-order chi connectivity index (χ0) is 22.6. The Balaban J connectivity index is 1.52. The third-order valence-electron chi connectivity index (χ3n) is 5.24. The van der Waals surface area contributed by atoms with Gasteiger partial charge in [-0.25, -0.2) is 19.8 Å². The Kier molecular flexibility index (Phi) is 5.47. The molecule has 5 aromatic rings. The molecule has 0 saturated carbocycles. The third-order valence-corrected chi connectivity index (χ3v) is 5.24. The molecule has 5 nitrogen and oxygen atoms in total. The van der Waals surface area contributed by atoms with Crippen molar-refractivity contribution >= 4 is 22.9 Å². The van der Waals surface area contributed by atoms with E-state index < -0.39 is 0 Å². The highest BCUT2D eigenvalue weighted by Crippen LogP contribution is 2.27. The van der Waals surface area contributed by atoms with E-state index in [1.807, 2.05) is 66.7 Å². The molecule has 0 fully saturated rings. The van der Waals surface area contributed by atoms with Gasteiger partial charge in [0.15, 0.2) is 0 Å². The Morgan fingerprint density at radius 3 is 2.18 bits per heavy atom. The lowest BCUT2D eigenvalue weighted by Crippen LogP contribution is -2.00. The number of benzene rings is 4. The Bertz CT molecular complexity index is 1450. The lowest BCUT2D eigenvalue weighted by atomic mass is 10.0. The molecule has 0 saturated heterocycles. The second kappa shape index (κ2) is 8.88. The van der Waals surface area contributed by atoms with E-state index in [0.29, 0.717) is 17.0 Å². The summed E-state index contributed by atoms with van der Waals surface area (Å²) in [6.45, 7) is 0. The number of nitrogens with zero attached hydrogens (tertiary/aromatic N) is 3. The lowest BCUT2D eigenvalue weighted by Gasteiger charge is -2.09. The molecule has 4 aromatic carbocycles. The molecule has 0 aliphatic rings. The molecule has 33 heavy (non-hydrogen) atoms. The minimum atomic E-state index is -0.311. The summed E-state index contributed by atoms with van der Waals surface area (Å²) in [5.41, 5.74) is 6.49. The molecule has 0 bridgehead atoms. The summed E-state index contributed by atoms with van der Waals surface area (Å²) in [6, 6.07) is 29.0. The molecule has 2 N–H and O–H groups in total. The number of nitrogens with one attached hydrogen (secondary N) is 1. The van der Waals surface area contributed by atoms with E-state index in [9.17, 15) is 9.50 Å². The van der Waals surface area contributed by atoms with Gasteiger partial charge in [-0.15, -0.1) is 0 Å². The summed E-state index contributed by atoms with van der Waals surface area (Å²) >= 11 is 0. The first kappa shape index (κ1) is 20.3. The molecule has 1 heterocycles. The van der Waals surface area contributed by atoms with Crippen molar-refractivity contribution in [3.05, 3.63) is 108 Å². The number of hydrogen-bond donors (Lipinski definition) is 2. The quantitative estimate of drug-likeness (QED) is 0.253. The van der Waals surface area contributed by atoms with Crippen LogP contribution in [0.2, 0.25) is 0 Å². The molecule has 6 heteroatoms. The topological polar surface area (TPSA) is 70.4 Å². The van der Waals surface area contributed by atoms with Crippen LogP contribution >= 0.6 is 0 Å². The maximum absolute atomic E-state index is 13.4. The molecule has 0 amide bonds. The lowest BCUT2D eigenvalue weighted by molar-refractivity contribution is 0.475. The second-order valence-electron chi connectivity index (χ2n) is 7.42.